The maximum absolute atomic E-state index is 8.57. The molecule has 0 amide bonds. The summed E-state index contributed by atoms with van der Waals surface area (Å²) < 4.78 is 14.2. The molecule has 46 valence electrons. The number of nitrogens with one attached hydrogen (secondary N) is 1. The predicted octanol–water partition coefficient (Wildman–Crippen LogP) is -1.41. The summed E-state index contributed by atoms with van der Waals surface area (Å²) in [7, 11) is 0. The molecule has 1 rings (SSSR count). The molecule has 0 heterocycles. The molecule has 0 spiro atoms. The van der Waals surface area contributed by atoms with E-state index in [2.05, 4.69) is 0 Å². The molecular weight excluding hydrogens is 149 g/mol. The summed E-state index contributed by atoms with van der Waals surface area (Å²) >= 11 is -0.583. The molecule has 0 atom stereocenters. The molecule has 1 saturated carbocycles. The van der Waals surface area contributed by atoms with Crippen molar-refractivity contribution in [2.75, 3.05) is 0 Å². The summed E-state index contributed by atoms with van der Waals surface area (Å²) in [4.78, 5) is 0. The van der Waals surface area contributed by atoms with Gasteiger partial charge in [-0.3, -0.25) is 0 Å². The second-order valence-corrected chi connectivity index (χ2v) is 1.69. The molecule has 0 saturated heterocycles. The minimum absolute atomic E-state index is 0. The van der Waals surface area contributed by atoms with Crippen LogP contribution in [0, 0.1) is 4.78 Å². The van der Waals surface area contributed by atoms with Crippen molar-refractivity contribution in [2.45, 2.75) is 25.7 Å². The number of hydrogen-bond donors (Lipinski definition) is 1. The van der Waals surface area contributed by atoms with Crippen molar-refractivity contribution in [3.8, 4) is 0 Å². The largest absolute Gasteiger partial charge is 1.00 e. The summed E-state index contributed by atoms with van der Waals surface area (Å²) in [6.45, 7) is 0. The first kappa shape index (κ1) is 12.3. The summed E-state index contributed by atoms with van der Waals surface area (Å²) in [6, 6.07) is 0. The van der Waals surface area contributed by atoms with Crippen LogP contribution in [0.25, 0.3) is 0 Å². The Bertz CT molecular complexity index is 69.0. The van der Waals surface area contributed by atoms with Gasteiger partial charge in [0.1, 0.15) is 0 Å². The third-order valence-corrected chi connectivity index (χ3v) is 1.000. The first-order valence-corrected chi connectivity index (χ1v) is 3.22. The van der Waals surface area contributed by atoms with Crippen LogP contribution in [0.4, 0.5) is 0 Å². The van der Waals surface area contributed by atoms with Crippen LogP contribution in [0.5, 0.6) is 0 Å². The first-order chi connectivity index (χ1) is 3.41. The van der Waals surface area contributed by atoms with Crippen LogP contribution in [0.15, 0.2) is 0 Å². The first-order valence-electron chi connectivity index (χ1n) is 2.41. The van der Waals surface area contributed by atoms with Gasteiger partial charge in [-0.1, -0.05) is 25.7 Å². The maximum Gasteiger partial charge on any atom is 1.00 e. The van der Waals surface area contributed by atoms with E-state index in [-0.39, 0.29) is 52.8 Å². The summed E-state index contributed by atoms with van der Waals surface area (Å²) in [5.41, 5.74) is 0. The smallest absolute Gasteiger partial charge is 1.00 e. The van der Waals surface area contributed by atoms with E-state index in [1.165, 1.54) is 25.7 Å². The second-order valence-electron chi connectivity index (χ2n) is 1.51. The van der Waals surface area contributed by atoms with Crippen LogP contribution >= 0.6 is 0 Å². The molecule has 0 aromatic heterocycles. The fraction of sp³-hybridized carbons (Fsp3) is 1.00. The molecule has 0 aromatic rings. The molecule has 0 bridgehead atoms. The van der Waals surface area contributed by atoms with Gasteiger partial charge in [0.15, 0.2) is 0 Å². The summed E-state index contributed by atoms with van der Waals surface area (Å²) in [5.74, 6) is 0. The quantitative estimate of drug-likeness (QED) is 0.264. The van der Waals surface area contributed by atoms with E-state index in [0.29, 0.717) is 0 Å². The van der Waals surface area contributed by atoms with E-state index >= 15 is 0 Å². The van der Waals surface area contributed by atoms with Gasteiger partial charge in [-0.2, -0.15) is 0 Å². The van der Waals surface area contributed by atoms with E-state index < -0.39 is 11.5 Å². The zero-order valence-electron chi connectivity index (χ0n) is 6.18. The molecule has 0 unspecified atom stereocenters. The van der Waals surface area contributed by atoms with E-state index in [4.69, 9.17) is 8.99 Å². The van der Waals surface area contributed by atoms with Crippen molar-refractivity contribution < 1.29 is 57.0 Å². The fourth-order valence-corrected chi connectivity index (χ4v) is 0.250. The molecule has 8 heavy (non-hydrogen) atoms. The van der Waals surface area contributed by atoms with Crippen LogP contribution in [0.1, 0.15) is 27.1 Å². The molecule has 0 radical (unpaired) electrons. The minimum Gasteiger partial charge on any atom is -1.00 e. The van der Waals surface area contributed by atoms with Crippen LogP contribution in [0.3, 0.4) is 0 Å². The van der Waals surface area contributed by atoms with Crippen LogP contribution in [-0.2, 0) is 15.7 Å². The van der Waals surface area contributed by atoms with Gasteiger partial charge < -0.3 is 10.4 Å². The van der Waals surface area contributed by atoms with Gasteiger partial charge in [-0.15, -0.1) is 0 Å². The molecule has 0 aliphatic heterocycles. The van der Waals surface area contributed by atoms with Gasteiger partial charge >= 0.3 is 51.4 Å². The molecule has 2 nitrogen and oxygen atoms in total. The van der Waals surface area contributed by atoms with E-state index in [0.717, 1.165) is 0 Å². The van der Waals surface area contributed by atoms with Gasteiger partial charge in [-0.25, -0.2) is 11.5 Å². The summed E-state index contributed by atoms with van der Waals surface area (Å²) in [6.07, 6.45) is 6.00. The Morgan fingerprint density at radius 1 is 1.25 bits per heavy atom. The molecular formula is C4H11KNOS-. The van der Waals surface area contributed by atoms with Gasteiger partial charge in [-0.05, 0) is 0 Å². The van der Waals surface area contributed by atoms with Gasteiger partial charge in [0.2, 0.25) is 0 Å². The predicted molar refractivity (Wildman–Crippen MR) is 31.7 cm³/mol. The van der Waals surface area contributed by atoms with Crippen LogP contribution < -0.4 is 51.4 Å². The van der Waals surface area contributed by atoms with Crippen molar-refractivity contribution in [3.05, 3.63) is 0 Å². The Morgan fingerprint density at radius 2 is 1.38 bits per heavy atom. The standard InChI is InChI=1S/C4H8.K.H2NOS.H/c1-2-4-3-1;;1-3-2;/h1-4H2;;1,3H;/q;+1;2*-1. The van der Waals surface area contributed by atoms with Crippen molar-refractivity contribution in [1.29, 1.82) is 4.78 Å². The zero-order chi connectivity index (χ0) is 5.54. The van der Waals surface area contributed by atoms with E-state index in [1.54, 1.807) is 0 Å². The molecule has 1 fully saturated rings. The van der Waals surface area contributed by atoms with E-state index in [1.807, 2.05) is 0 Å². The molecule has 1 aliphatic rings. The Labute approximate surface area is 97.4 Å². The monoisotopic (exact) mass is 160 g/mol. The summed E-state index contributed by atoms with van der Waals surface area (Å²) in [5, 5.41) is 0. The molecule has 4 heteroatoms. The minimum atomic E-state index is -0.583. The van der Waals surface area contributed by atoms with Gasteiger partial charge in [0, 0.05) is 0 Å². The Balaban J connectivity index is -0.0000000680. The zero-order valence-corrected chi connectivity index (χ0v) is 9.20. The van der Waals surface area contributed by atoms with Crippen molar-refractivity contribution >= 4 is 11.5 Å². The van der Waals surface area contributed by atoms with Gasteiger partial charge in [0.05, 0.1) is 0 Å². The third kappa shape index (κ3) is 10.5. The topological polar surface area (TPSA) is 40.9 Å². The van der Waals surface area contributed by atoms with Crippen molar-refractivity contribution in [1.82, 2.24) is 0 Å². The third-order valence-electron chi connectivity index (χ3n) is 1.000. The Kier molecular flexibility index (Phi) is 17.5. The van der Waals surface area contributed by atoms with Gasteiger partial charge in [0.25, 0.3) is 0 Å². The average Bonchev–Trinajstić information content (AvgIpc) is 1.27. The molecule has 0 aromatic carbocycles. The van der Waals surface area contributed by atoms with Crippen LogP contribution in [-0.4, -0.2) is 0 Å². The normalized spacial score (nSPS) is 14.0. The fourth-order valence-electron chi connectivity index (χ4n) is 0.250. The second kappa shape index (κ2) is 11.4. The number of hydrogen-bond acceptors (Lipinski definition) is 3. The van der Waals surface area contributed by atoms with Crippen molar-refractivity contribution in [3.63, 3.8) is 0 Å². The maximum atomic E-state index is 8.57. The van der Waals surface area contributed by atoms with Crippen LogP contribution in [0.2, 0.25) is 0 Å². The molecule has 1 N–H and O–H groups in total. The Morgan fingerprint density at radius 3 is 1.38 bits per heavy atom. The number of thiol groups is 1. The SMILES string of the molecule is C1CCC1.N=[SH-]=O.[H-].[K+]. The Hall–Kier alpha value is 1.59. The average molecular weight is 160 g/mol. The van der Waals surface area contributed by atoms with Crippen molar-refractivity contribution in [2.24, 2.45) is 0 Å². The number of rotatable bonds is 0. The molecule has 1 aliphatic carbocycles. The van der Waals surface area contributed by atoms with E-state index in [9.17, 15) is 0 Å².